The molecule has 0 spiro atoms. The van der Waals surface area contributed by atoms with Gasteiger partial charge < -0.3 is 15.2 Å². The maximum atomic E-state index is 12.0. The molecule has 1 aliphatic carbocycles. The summed E-state index contributed by atoms with van der Waals surface area (Å²) in [6, 6.07) is 5.96. The predicted molar refractivity (Wildman–Crippen MR) is 81.1 cm³/mol. The van der Waals surface area contributed by atoms with Gasteiger partial charge in [0, 0.05) is 12.5 Å². The van der Waals surface area contributed by atoms with Gasteiger partial charge in [-0.05, 0) is 42.2 Å². The molecule has 0 unspecified atom stereocenters. The van der Waals surface area contributed by atoms with E-state index in [0.29, 0.717) is 0 Å². The lowest BCUT2D eigenvalue weighted by Crippen LogP contribution is -2.48. The summed E-state index contributed by atoms with van der Waals surface area (Å²) >= 11 is 0. The van der Waals surface area contributed by atoms with Crippen LogP contribution in [0.4, 0.5) is 0 Å². The van der Waals surface area contributed by atoms with E-state index >= 15 is 0 Å². The number of hydrogen-bond donors (Lipinski definition) is 2. The molecule has 1 heterocycles. The molecular weight excluding hydrogens is 266 g/mol. The van der Waals surface area contributed by atoms with Crippen LogP contribution >= 0.6 is 0 Å². The molecule has 2 aliphatic rings. The molecule has 0 atom stereocenters. The summed E-state index contributed by atoms with van der Waals surface area (Å²) in [5, 5.41) is 12.5. The molecule has 4 nitrogen and oxygen atoms in total. The second kappa shape index (κ2) is 5.90. The first-order valence-corrected chi connectivity index (χ1v) is 7.58. The molecule has 0 saturated heterocycles. The molecule has 21 heavy (non-hydrogen) atoms. The Morgan fingerprint density at radius 3 is 2.95 bits per heavy atom. The van der Waals surface area contributed by atoms with Crippen LogP contribution in [0.5, 0.6) is 5.75 Å². The Labute approximate surface area is 124 Å². The summed E-state index contributed by atoms with van der Waals surface area (Å²) in [6.07, 6.45) is 8.14. The highest BCUT2D eigenvalue weighted by Gasteiger charge is 2.33. The lowest BCUT2D eigenvalue weighted by Gasteiger charge is -2.27. The van der Waals surface area contributed by atoms with Crippen molar-refractivity contribution < 1.29 is 14.6 Å². The molecule has 0 radical (unpaired) electrons. The molecule has 4 heteroatoms. The second-order valence-electron chi connectivity index (χ2n) is 5.93. The number of hydrogen-bond acceptors (Lipinski definition) is 3. The zero-order valence-electron chi connectivity index (χ0n) is 12.1. The number of ether oxygens (including phenoxy) is 1. The van der Waals surface area contributed by atoms with Gasteiger partial charge in [-0.25, -0.2) is 0 Å². The summed E-state index contributed by atoms with van der Waals surface area (Å²) in [4.78, 5) is 12.0. The van der Waals surface area contributed by atoms with E-state index < -0.39 is 5.54 Å². The van der Waals surface area contributed by atoms with E-state index in [1.807, 2.05) is 18.2 Å². The van der Waals surface area contributed by atoms with Gasteiger partial charge in [0.1, 0.15) is 5.75 Å². The molecule has 1 aromatic carbocycles. The van der Waals surface area contributed by atoms with Crippen LogP contribution in [0.15, 0.2) is 24.3 Å². The minimum Gasteiger partial charge on any atom is -0.493 e. The van der Waals surface area contributed by atoms with Gasteiger partial charge in [-0.15, -0.1) is 0 Å². The van der Waals surface area contributed by atoms with Gasteiger partial charge in [0.05, 0.1) is 18.8 Å². The van der Waals surface area contributed by atoms with Gasteiger partial charge in [0.25, 0.3) is 0 Å². The molecular formula is C17H21NO3. The Hall–Kier alpha value is -1.81. The molecule has 0 bridgehead atoms. The highest BCUT2D eigenvalue weighted by Crippen LogP contribution is 2.29. The van der Waals surface area contributed by atoms with Crippen molar-refractivity contribution >= 4 is 12.0 Å². The van der Waals surface area contributed by atoms with Crippen molar-refractivity contribution in [2.75, 3.05) is 13.2 Å². The van der Waals surface area contributed by atoms with E-state index in [2.05, 4.69) is 11.4 Å². The Balaban J connectivity index is 1.64. The first-order chi connectivity index (χ1) is 10.2. The SMILES string of the molecule is O=C(/C=C/c1ccc2c(c1)CCO2)NC1(CO)CCCC1. The molecule has 0 aromatic heterocycles. The van der Waals surface area contributed by atoms with Crippen molar-refractivity contribution in [3.8, 4) is 5.75 Å². The number of carbonyl (C=O) groups excluding carboxylic acids is 1. The van der Waals surface area contributed by atoms with Crippen LogP contribution in [0.1, 0.15) is 36.8 Å². The normalized spacial score (nSPS) is 19.5. The number of benzene rings is 1. The molecule has 3 rings (SSSR count). The molecule has 2 N–H and O–H groups in total. The zero-order valence-corrected chi connectivity index (χ0v) is 12.1. The average Bonchev–Trinajstić information content (AvgIpc) is 3.14. The monoisotopic (exact) mass is 287 g/mol. The van der Waals surface area contributed by atoms with Crippen LogP contribution in [-0.4, -0.2) is 29.8 Å². The van der Waals surface area contributed by atoms with Gasteiger partial charge in [0.15, 0.2) is 0 Å². The van der Waals surface area contributed by atoms with Crippen LogP contribution < -0.4 is 10.1 Å². The minimum absolute atomic E-state index is 0.0166. The molecule has 1 amide bonds. The van der Waals surface area contributed by atoms with Crippen molar-refractivity contribution in [1.82, 2.24) is 5.32 Å². The number of carbonyl (C=O) groups is 1. The molecule has 1 saturated carbocycles. The van der Waals surface area contributed by atoms with Crippen molar-refractivity contribution in [2.45, 2.75) is 37.6 Å². The summed E-state index contributed by atoms with van der Waals surface area (Å²) in [5.41, 5.74) is 1.78. The smallest absolute Gasteiger partial charge is 0.244 e. The third kappa shape index (κ3) is 3.10. The lowest BCUT2D eigenvalue weighted by atomic mass is 9.99. The Bertz CT molecular complexity index is 559. The summed E-state index contributed by atoms with van der Waals surface area (Å²) in [7, 11) is 0. The number of fused-ring (bicyclic) bond motifs is 1. The van der Waals surface area contributed by atoms with Crippen LogP contribution in [0.25, 0.3) is 6.08 Å². The molecule has 1 fully saturated rings. The topological polar surface area (TPSA) is 58.6 Å². The van der Waals surface area contributed by atoms with Crippen LogP contribution in [-0.2, 0) is 11.2 Å². The van der Waals surface area contributed by atoms with E-state index in [4.69, 9.17) is 4.74 Å². The first-order valence-electron chi connectivity index (χ1n) is 7.58. The fourth-order valence-corrected chi connectivity index (χ4v) is 3.16. The van der Waals surface area contributed by atoms with Crippen LogP contribution in [0.2, 0.25) is 0 Å². The Kier molecular flexibility index (Phi) is 3.97. The summed E-state index contributed by atoms with van der Waals surface area (Å²) in [5.74, 6) is 0.810. The number of aliphatic hydroxyl groups is 1. The van der Waals surface area contributed by atoms with Crippen molar-refractivity contribution in [2.24, 2.45) is 0 Å². The van der Waals surface area contributed by atoms with E-state index in [1.165, 1.54) is 5.56 Å². The van der Waals surface area contributed by atoms with E-state index in [1.54, 1.807) is 6.08 Å². The minimum atomic E-state index is -0.410. The van der Waals surface area contributed by atoms with Gasteiger partial charge in [0.2, 0.25) is 5.91 Å². The molecule has 1 aromatic rings. The number of amides is 1. The van der Waals surface area contributed by atoms with Crippen molar-refractivity contribution in [1.29, 1.82) is 0 Å². The molecule has 112 valence electrons. The highest BCUT2D eigenvalue weighted by molar-refractivity contribution is 5.92. The van der Waals surface area contributed by atoms with Gasteiger partial charge in [-0.3, -0.25) is 4.79 Å². The Morgan fingerprint density at radius 1 is 1.38 bits per heavy atom. The number of nitrogens with one attached hydrogen (secondary N) is 1. The predicted octanol–water partition coefficient (Wildman–Crippen LogP) is 2.06. The van der Waals surface area contributed by atoms with Gasteiger partial charge in [-0.1, -0.05) is 18.9 Å². The van der Waals surface area contributed by atoms with Gasteiger partial charge >= 0.3 is 0 Å². The largest absolute Gasteiger partial charge is 0.493 e. The maximum Gasteiger partial charge on any atom is 0.244 e. The van der Waals surface area contributed by atoms with Crippen molar-refractivity contribution in [3.05, 3.63) is 35.4 Å². The lowest BCUT2D eigenvalue weighted by molar-refractivity contribution is -0.118. The van der Waals surface area contributed by atoms with E-state index in [0.717, 1.165) is 50.0 Å². The maximum absolute atomic E-state index is 12.0. The second-order valence-corrected chi connectivity index (χ2v) is 5.93. The zero-order chi connectivity index (χ0) is 14.7. The number of aliphatic hydroxyl groups excluding tert-OH is 1. The fourth-order valence-electron chi connectivity index (χ4n) is 3.16. The Morgan fingerprint density at radius 2 is 2.19 bits per heavy atom. The third-order valence-electron chi connectivity index (χ3n) is 4.39. The van der Waals surface area contributed by atoms with Crippen LogP contribution in [0.3, 0.4) is 0 Å². The average molecular weight is 287 g/mol. The summed E-state index contributed by atoms with van der Waals surface area (Å²) < 4.78 is 5.46. The highest BCUT2D eigenvalue weighted by atomic mass is 16.5. The summed E-state index contributed by atoms with van der Waals surface area (Å²) in [6.45, 7) is 0.755. The molecule has 1 aliphatic heterocycles. The van der Waals surface area contributed by atoms with E-state index in [9.17, 15) is 9.90 Å². The first kappa shape index (κ1) is 14.1. The fraction of sp³-hybridized carbons (Fsp3) is 0.471. The number of rotatable bonds is 4. The standard InChI is InChI=1S/C17H21NO3/c19-12-17(8-1-2-9-17)18-16(20)6-4-13-3-5-15-14(11-13)7-10-21-15/h3-6,11,19H,1-2,7-10,12H2,(H,18,20)/b6-4+. The quantitative estimate of drug-likeness (QED) is 0.833. The van der Waals surface area contributed by atoms with Crippen LogP contribution in [0, 0.1) is 0 Å². The third-order valence-corrected chi connectivity index (χ3v) is 4.39. The van der Waals surface area contributed by atoms with Crippen molar-refractivity contribution in [3.63, 3.8) is 0 Å². The van der Waals surface area contributed by atoms with Gasteiger partial charge in [-0.2, -0.15) is 0 Å². The van der Waals surface area contributed by atoms with E-state index in [-0.39, 0.29) is 12.5 Å².